The number of nitrogens with zero attached hydrogens (tertiary/aromatic N) is 3. The molecular formula is C17H30ClIN4OS. The monoisotopic (exact) mass is 500 g/mol. The minimum Gasteiger partial charge on any atom is -0.379 e. The molecule has 8 heteroatoms. The Bertz CT molecular complexity index is 542. The standard InChI is InChI=1S/C17H29ClN4OS.HI/c1-5-19-17(21(4)11-15-6-7-16(18)24-15)20-10-13(2)22-8-9-23-12-14(22)3;/h6-7,13-14H,5,8-12H2,1-4H3,(H,19,20);1H. The van der Waals surface area contributed by atoms with E-state index >= 15 is 0 Å². The fourth-order valence-corrected chi connectivity index (χ4v) is 4.07. The average molecular weight is 501 g/mol. The van der Waals surface area contributed by atoms with Crippen LogP contribution in [-0.4, -0.2) is 67.7 Å². The normalized spacial score (nSPS) is 20.0. The third-order valence-electron chi connectivity index (χ3n) is 4.21. The highest BCUT2D eigenvalue weighted by atomic mass is 127. The number of guanidine groups is 1. The van der Waals surface area contributed by atoms with Gasteiger partial charge in [0.2, 0.25) is 0 Å². The fourth-order valence-electron chi connectivity index (χ4n) is 2.93. The van der Waals surface area contributed by atoms with Gasteiger partial charge in [0, 0.05) is 37.1 Å². The molecule has 0 spiro atoms. The van der Waals surface area contributed by atoms with Crippen molar-refractivity contribution in [1.29, 1.82) is 0 Å². The number of morpholine rings is 1. The number of hydrogen-bond acceptors (Lipinski definition) is 4. The third-order valence-corrected chi connectivity index (χ3v) is 5.42. The summed E-state index contributed by atoms with van der Waals surface area (Å²) in [5.74, 6) is 0.940. The lowest BCUT2D eigenvalue weighted by molar-refractivity contribution is -0.0166. The number of rotatable bonds is 6. The topological polar surface area (TPSA) is 40.1 Å². The molecule has 5 nitrogen and oxygen atoms in total. The molecule has 1 N–H and O–H groups in total. The van der Waals surface area contributed by atoms with Gasteiger partial charge in [-0.2, -0.15) is 0 Å². The second-order valence-corrected chi connectivity index (χ2v) is 8.07. The van der Waals surface area contributed by atoms with Gasteiger partial charge in [0.15, 0.2) is 5.96 Å². The summed E-state index contributed by atoms with van der Waals surface area (Å²) in [4.78, 5) is 10.7. The van der Waals surface area contributed by atoms with Crippen molar-refractivity contribution in [2.75, 3.05) is 39.9 Å². The number of nitrogens with one attached hydrogen (secondary N) is 1. The molecule has 2 atom stereocenters. The van der Waals surface area contributed by atoms with Gasteiger partial charge in [-0.15, -0.1) is 35.3 Å². The van der Waals surface area contributed by atoms with Crippen molar-refractivity contribution in [3.05, 3.63) is 21.3 Å². The lowest BCUT2D eigenvalue weighted by atomic mass is 10.2. The van der Waals surface area contributed by atoms with Crippen molar-refractivity contribution in [1.82, 2.24) is 15.1 Å². The van der Waals surface area contributed by atoms with Gasteiger partial charge in [-0.25, -0.2) is 0 Å². The molecule has 0 amide bonds. The van der Waals surface area contributed by atoms with Crippen molar-refractivity contribution in [3.63, 3.8) is 0 Å². The van der Waals surface area contributed by atoms with Crippen LogP contribution in [0.4, 0.5) is 0 Å². The van der Waals surface area contributed by atoms with E-state index in [0.717, 1.165) is 49.7 Å². The Balaban J connectivity index is 0.00000312. The molecule has 0 saturated carbocycles. The van der Waals surface area contributed by atoms with Crippen LogP contribution in [0.2, 0.25) is 4.34 Å². The number of hydrogen-bond donors (Lipinski definition) is 1. The first-order valence-corrected chi connectivity index (χ1v) is 9.77. The van der Waals surface area contributed by atoms with E-state index in [-0.39, 0.29) is 24.0 Å². The summed E-state index contributed by atoms with van der Waals surface area (Å²) >= 11 is 7.64. The van der Waals surface area contributed by atoms with Gasteiger partial charge in [-0.3, -0.25) is 9.89 Å². The summed E-state index contributed by atoms with van der Waals surface area (Å²) < 4.78 is 6.35. The molecule has 1 aliphatic heterocycles. The summed E-state index contributed by atoms with van der Waals surface area (Å²) in [5.41, 5.74) is 0. The average Bonchev–Trinajstić information content (AvgIpc) is 2.96. The van der Waals surface area contributed by atoms with Gasteiger partial charge in [-0.05, 0) is 32.9 Å². The molecule has 144 valence electrons. The zero-order chi connectivity index (χ0) is 17.5. The Kier molecular flexibility index (Phi) is 10.6. The highest BCUT2D eigenvalue weighted by molar-refractivity contribution is 14.0. The minimum atomic E-state index is 0. The third kappa shape index (κ3) is 7.21. The molecule has 2 rings (SSSR count). The van der Waals surface area contributed by atoms with Crippen molar-refractivity contribution in [3.8, 4) is 0 Å². The zero-order valence-electron chi connectivity index (χ0n) is 15.5. The van der Waals surface area contributed by atoms with Gasteiger partial charge < -0.3 is 15.0 Å². The van der Waals surface area contributed by atoms with Crippen LogP contribution in [0.1, 0.15) is 25.6 Å². The van der Waals surface area contributed by atoms with Crippen LogP contribution in [0.5, 0.6) is 0 Å². The van der Waals surface area contributed by atoms with Crippen molar-refractivity contribution in [2.45, 2.75) is 39.4 Å². The summed E-state index contributed by atoms with van der Waals surface area (Å²) in [6, 6.07) is 4.88. The molecule has 1 aromatic heterocycles. The maximum absolute atomic E-state index is 6.03. The molecule has 1 saturated heterocycles. The second-order valence-electron chi connectivity index (χ2n) is 6.27. The van der Waals surface area contributed by atoms with E-state index in [0.29, 0.717) is 12.1 Å². The molecule has 25 heavy (non-hydrogen) atoms. The number of thiophene rings is 1. The van der Waals surface area contributed by atoms with E-state index < -0.39 is 0 Å². The van der Waals surface area contributed by atoms with Crippen LogP contribution in [0, 0.1) is 0 Å². The highest BCUT2D eigenvalue weighted by Gasteiger charge is 2.23. The van der Waals surface area contributed by atoms with E-state index in [4.69, 9.17) is 21.3 Å². The first-order chi connectivity index (χ1) is 11.5. The SMILES string of the molecule is CCNC(=NCC(C)N1CCOCC1C)N(C)Cc1ccc(Cl)s1.I. The summed E-state index contributed by atoms with van der Waals surface area (Å²) in [7, 11) is 2.07. The Hall–Kier alpha value is -0.0900. The molecule has 0 radical (unpaired) electrons. The van der Waals surface area contributed by atoms with Gasteiger partial charge >= 0.3 is 0 Å². The lowest BCUT2D eigenvalue weighted by Gasteiger charge is -2.37. The van der Waals surface area contributed by atoms with Gasteiger partial charge in [0.05, 0.1) is 30.6 Å². The van der Waals surface area contributed by atoms with Gasteiger partial charge in [-0.1, -0.05) is 11.6 Å². The maximum Gasteiger partial charge on any atom is 0.194 e. The number of ether oxygens (including phenoxy) is 1. The largest absolute Gasteiger partial charge is 0.379 e. The van der Waals surface area contributed by atoms with Crippen LogP contribution < -0.4 is 5.32 Å². The van der Waals surface area contributed by atoms with Crippen LogP contribution in [0.3, 0.4) is 0 Å². The molecule has 0 aromatic carbocycles. The molecule has 2 heterocycles. The van der Waals surface area contributed by atoms with Gasteiger partial charge in [0.25, 0.3) is 0 Å². The zero-order valence-corrected chi connectivity index (χ0v) is 19.4. The Morgan fingerprint density at radius 1 is 1.56 bits per heavy atom. The predicted molar refractivity (Wildman–Crippen MR) is 119 cm³/mol. The molecule has 1 aliphatic rings. The highest BCUT2D eigenvalue weighted by Crippen LogP contribution is 2.22. The molecule has 0 bridgehead atoms. The van der Waals surface area contributed by atoms with E-state index in [1.54, 1.807) is 11.3 Å². The number of aliphatic imine (C=N–C) groups is 1. The summed E-state index contributed by atoms with van der Waals surface area (Å²) in [6.07, 6.45) is 0. The predicted octanol–water partition coefficient (Wildman–Crippen LogP) is 3.53. The summed E-state index contributed by atoms with van der Waals surface area (Å²) in [6.45, 7) is 11.6. The van der Waals surface area contributed by atoms with Crippen LogP contribution >= 0.6 is 46.9 Å². The van der Waals surface area contributed by atoms with E-state index in [1.165, 1.54) is 4.88 Å². The first-order valence-electron chi connectivity index (χ1n) is 8.58. The van der Waals surface area contributed by atoms with E-state index in [9.17, 15) is 0 Å². The summed E-state index contributed by atoms with van der Waals surface area (Å²) in [5, 5.41) is 3.38. The fraction of sp³-hybridized carbons (Fsp3) is 0.706. The second kappa shape index (κ2) is 11.6. The Morgan fingerprint density at radius 3 is 2.92 bits per heavy atom. The van der Waals surface area contributed by atoms with Crippen LogP contribution in [0.15, 0.2) is 17.1 Å². The van der Waals surface area contributed by atoms with E-state index in [1.807, 2.05) is 6.07 Å². The molecule has 0 aliphatic carbocycles. The molecule has 2 unspecified atom stereocenters. The molecular weight excluding hydrogens is 471 g/mol. The smallest absolute Gasteiger partial charge is 0.194 e. The quantitative estimate of drug-likeness (QED) is 0.369. The Labute approximate surface area is 177 Å². The van der Waals surface area contributed by atoms with Crippen molar-refractivity contribution < 1.29 is 4.74 Å². The van der Waals surface area contributed by atoms with Crippen molar-refractivity contribution in [2.24, 2.45) is 4.99 Å². The first kappa shape index (κ1) is 23.0. The van der Waals surface area contributed by atoms with Crippen LogP contribution in [0.25, 0.3) is 0 Å². The molecule has 1 aromatic rings. The van der Waals surface area contributed by atoms with E-state index in [2.05, 4.69) is 49.0 Å². The van der Waals surface area contributed by atoms with Crippen molar-refractivity contribution >= 4 is 52.9 Å². The number of halogens is 2. The maximum atomic E-state index is 6.03. The Morgan fingerprint density at radius 2 is 2.32 bits per heavy atom. The van der Waals surface area contributed by atoms with Crippen LogP contribution in [-0.2, 0) is 11.3 Å². The lowest BCUT2D eigenvalue weighted by Crippen LogP contribution is -2.49. The minimum absolute atomic E-state index is 0. The van der Waals surface area contributed by atoms with Gasteiger partial charge in [0.1, 0.15) is 0 Å². The molecule has 1 fully saturated rings.